The third-order valence-corrected chi connectivity index (χ3v) is 7.51. The van der Waals surface area contributed by atoms with Crippen LogP contribution in [-0.2, 0) is 30.5 Å². The molecule has 0 radical (unpaired) electrons. The van der Waals surface area contributed by atoms with E-state index in [1.165, 1.54) is 34.9 Å². The van der Waals surface area contributed by atoms with E-state index in [9.17, 15) is 8.60 Å². The average molecular weight is 484 g/mol. The van der Waals surface area contributed by atoms with Gasteiger partial charge in [0.25, 0.3) is 0 Å². The fraction of sp³-hybridized carbons (Fsp3) is 0.308. The van der Waals surface area contributed by atoms with Crippen LogP contribution in [0.5, 0.6) is 23.0 Å². The highest BCUT2D eigenvalue weighted by atomic mass is 32.2. The molecule has 2 unspecified atom stereocenters. The third-order valence-electron chi connectivity index (χ3n) is 6.54. The molecule has 178 valence electrons. The Balaban J connectivity index is 1.49. The summed E-state index contributed by atoms with van der Waals surface area (Å²) in [6.45, 7) is 1.72. The molecule has 5 rings (SSSR count). The van der Waals surface area contributed by atoms with Gasteiger partial charge in [-0.05, 0) is 77.6 Å². The number of halogens is 1. The minimum Gasteiger partial charge on any atom is -0.493 e. The second-order valence-corrected chi connectivity index (χ2v) is 9.50. The number of benzene rings is 3. The van der Waals surface area contributed by atoms with Crippen LogP contribution < -0.4 is 18.4 Å². The van der Waals surface area contributed by atoms with E-state index >= 15 is 0 Å². The largest absolute Gasteiger partial charge is 0.493 e. The summed E-state index contributed by atoms with van der Waals surface area (Å²) in [6, 6.07) is 13.8. The fourth-order valence-corrected chi connectivity index (χ4v) is 5.63. The van der Waals surface area contributed by atoms with Gasteiger partial charge in [-0.3, -0.25) is 4.90 Å². The highest BCUT2D eigenvalue weighted by molar-refractivity contribution is 7.80. The molecule has 0 saturated heterocycles. The van der Waals surface area contributed by atoms with Crippen LogP contribution in [0.25, 0.3) is 0 Å². The first-order valence-corrected chi connectivity index (χ1v) is 12.1. The van der Waals surface area contributed by atoms with Crippen LogP contribution >= 0.6 is 0 Å². The van der Waals surface area contributed by atoms with Gasteiger partial charge in [0.2, 0.25) is 11.1 Å². The third kappa shape index (κ3) is 4.12. The molecular weight excluding hydrogens is 457 g/mol. The van der Waals surface area contributed by atoms with Crippen LogP contribution in [0.3, 0.4) is 0 Å². The van der Waals surface area contributed by atoms with Crippen molar-refractivity contribution in [3.8, 4) is 23.0 Å². The lowest BCUT2D eigenvalue weighted by atomic mass is 9.83. The molecule has 2 aliphatic rings. The van der Waals surface area contributed by atoms with Gasteiger partial charge in [0.15, 0.2) is 23.0 Å². The summed E-state index contributed by atoms with van der Waals surface area (Å²) in [7, 11) is 4.85. The number of hydrogen-bond acceptors (Lipinski definition) is 6. The molecule has 3 aromatic rings. The Hall–Kier alpha value is -3.10. The van der Waals surface area contributed by atoms with Crippen molar-refractivity contribution in [1.82, 2.24) is 4.90 Å². The Kier molecular flexibility index (Phi) is 6.18. The predicted octanol–water partition coefficient (Wildman–Crippen LogP) is 4.61. The van der Waals surface area contributed by atoms with Crippen molar-refractivity contribution in [3.05, 3.63) is 76.6 Å². The van der Waals surface area contributed by atoms with Crippen LogP contribution in [0.2, 0.25) is 0 Å². The Bertz CT molecular complexity index is 1260. The van der Waals surface area contributed by atoms with Gasteiger partial charge in [-0.2, -0.15) is 0 Å². The standard InChI is InChI=1S/C26H26FNO5S/c1-30-23-11-17-9-22-21-14-26(33-34(29)20-6-4-5-19(27)13-20)25(32-3)10-16(21)7-8-28(22)15-18(17)12-24(23)31-2/h4-6,10-14,22H,7-9,15H2,1-3H3. The molecular formula is C26H26FNO5S. The van der Waals surface area contributed by atoms with E-state index in [4.69, 9.17) is 18.4 Å². The van der Waals surface area contributed by atoms with E-state index < -0.39 is 16.9 Å². The molecule has 0 fully saturated rings. The maximum absolute atomic E-state index is 13.6. The number of fused-ring (bicyclic) bond motifs is 4. The fourth-order valence-electron chi connectivity index (χ4n) is 4.84. The summed E-state index contributed by atoms with van der Waals surface area (Å²) < 4.78 is 48.8. The summed E-state index contributed by atoms with van der Waals surface area (Å²) >= 11 is -1.88. The van der Waals surface area contributed by atoms with Crippen molar-refractivity contribution in [2.24, 2.45) is 0 Å². The smallest absolute Gasteiger partial charge is 0.240 e. The maximum Gasteiger partial charge on any atom is 0.240 e. The lowest BCUT2D eigenvalue weighted by molar-refractivity contribution is 0.160. The van der Waals surface area contributed by atoms with Gasteiger partial charge in [0.1, 0.15) is 5.82 Å². The summed E-state index contributed by atoms with van der Waals surface area (Å²) in [5.41, 5.74) is 4.76. The van der Waals surface area contributed by atoms with Gasteiger partial charge < -0.3 is 18.4 Å². The van der Waals surface area contributed by atoms with Crippen molar-refractivity contribution < 1.29 is 27.0 Å². The molecule has 0 aromatic heterocycles. The van der Waals surface area contributed by atoms with E-state index in [1.807, 2.05) is 12.1 Å². The van der Waals surface area contributed by atoms with Gasteiger partial charge in [-0.25, -0.2) is 8.60 Å². The second-order valence-electron chi connectivity index (χ2n) is 8.39. The van der Waals surface area contributed by atoms with Crippen molar-refractivity contribution in [3.63, 3.8) is 0 Å². The van der Waals surface area contributed by atoms with E-state index in [0.717, 1.165) is 43.0 Å². The highest BCUT2D eigenvalue weighted by Gasteiger charge is 2.34. The number of ether oxygens (including phenoxy) is 3. The first-order chi connectivity index (χ1) is 16.5. The lowest BCUT2D eigenvalue weighted by Crippen LogP contribution is -2.39. The number of hydrogen-bond donors (Lipinski definition) is 0. The minimum atomic E-state index is -1.88. The molecule has 0 bridgehead atoms. The topological polar surface area (TPSA) is 57.2 Å². The molecule has 0 amide bonds. The first kappa shape index (κ1) is 22.7. The normalized spacial score (nSPS) is 17.7. The zero-order chi connectivity index (χ0) is 23.8. The van der Waals surface area contributed by atoms with Crippen molar-refractivity contribution in [1.29, 1.82) is 0 Å². The summed E-state index contributed by atoms with van der Waals surface area (Å²) in [5, 5.41) is 0. The molecule has 8 heteroatoms. The summed E-state index contributed by atoms with van der Waals surface area (Å²) in [5.74, 6) is 1.88. The molecule has 2 aliphatic heterocycles. The minimum absolute atomic E-state index is 0.144. The molecule has 2 atom stereocenters. The monoisotopic (exact) mass is 483 g/mol. The number of rotatable bonds is 6. The molecule has 0 aliphatic carbocycles. The van der Waals surface area contributed by atoms with Gasteiger partial charge in [0.05, 0.1) is 26.2 Å². The Morgan fingerprint density at radius 2 is 1.56 bits per heavy atom. The highest BCUT2D eigenvalue weighted by Crippen LogP contribution is 2.44. The first-order valence-electron chi connectivity index (χ1n) is 11.0. The quantitative estimate of drug-likeness (QED) is 0.511. The SMILES string of the molecule is COc1cc2c(cc1OC)CN1CCc3cc(OC)c(OS(=O)c4cccc(F)c4)cc3C1C2. The van der Waals surface area contributed by atoms with Crippen LogP contribution in [0.15, 0.2) is 53.4 Å². The Morgan fingerprint density at radius 1 is 0.882 bits per heavy atom. The number of methoxy groups -OCH3 is 3. The van der Waals surface area contributed by atoms with E-state index in [1.54, 1.807) is 27.4 Å². The average Bonchev–Trinajstić information content (AvgIpc) is 2.86. The summed E-state index contributed by atoms with van der Waals surface area (Å²) in [6.07, 6.45) is 1.68. The molecule has 0 N–H and O–H groups in total. The van der Waals surface area contributed by atoms with Crippen molar-refractivity contribution in [2.45, 2.75) is 30.3 Å². The van der Waals surface area contributed by atoms with Crippen LogP contribution in [-0.4, -0.2) is 37.0 Å². The molecule has 6 nitrogen and oxygen atoms in total. The van der Waals surface area contributed by atoms with Crippen molar-refractivity contribution >= 4 is 11.1 Å². The maximum atomic E-state index is 13.6. The van der Waals surface area contributed by atoms with Gasteiger partial charge in [0, 0.05) is 19.1 Å². The predicted molar refractivity (Wildman–Crippen MR) is 127 cm³/mol. The zero-order valence-electron chi connectivity index (χ0n) is 19.3. The number of nitrogens with zero attached hydrogens (tertiary/aromatic N) is 1. The lowest BCUT2D eigenvalue weighted by Gasteiger charge is -2.41. The zero-order valence-corrected chi connectivity index (χ0v) is 20.1. The van der Waals surface area contributed by atoms with Gasteiger partial charge in [-0.15, -0.1) is 0 Å². The van der Waals surface area contributed by atoms with Crippen molar-refractivity contribution in [2.75, 3.05) is 27.9 Å². The Morgan fingerprint density at radius 3 is 2.26 bits per heavy atom. The van der Waals surface area contributed by atoms with E-state index in [0.29, 0.717) is 11.5 Å². The van der Waals surface area contributed by atoms with Crippen LogP contribution in [0, 0.1) is 5.82 Å². The van der Waals surface area contributed by atoms with Gasteiger partial charge >= 0.3 is 0 Å². The molecule has 3 aromatic carbocycles. The van der Waals surface area contributed by atoms with Gasteiger partial charge in [-0.1, -0.05) is 6.07 Å². The molecule has 0 saturated carbocycles. The van der Waals surface area contributed by atoms with Crippen LogP contribution in [0.1, 0.15) is 28.3 Å². The summed E-state index contributed by atoms with van der Waals surface area (Å²) in [4.78, 5) is 2.70. The van der Waals surface area contributed by atoms with E-state index in [-0.39, 0.29) is 10.9 Å². The van der Waals surface area contributed by atoms with Crippen LogP contribution in [0.4, 0.5) is 4.39 Å². The van der Waals surface area contributed by atoms with E-state index in [2.05, 4.69) is 17.0 Å². The molecule has 34 heavy (non-hydrogen) atoms. The molecule has 0 spiro atoms. The molecule has 2 heterocycles. The Labute approximate surface area is 200 Å². The second kappa shape index (κ2) is 9.27.